The number of aliphatic hydroxyl groups is 1. The molecule has 2 rings (SSSR count). The number of nitrogens with zero attached hydrogens (tertiary/aromatic N) is 2. The highest BCUT2D eigenvalue weighted by molar-refractivity contribution is 6.31. The molecule has 29 heavy (non-hydrogen) atoms. The third-order valence-electron chi connectivity index (χ3n) is 3.88. The highest BCUT2D eigenvalue weighted by Crippen LogP contribution is 2.37. The van der Waals surface area contributed by atoms with E-state index in [4.69, 9.17) is 11.6 Å². The van der Waals surface area contributed by atoms with E-state index in [9.17, 15) is 31.4 Å². The van der Waals surface area contributed by atoms with Crippen LogP contribution in [0.25, 0.3) is 0 Å². The van der Waals surface area contributed by atoms with Gasteiger partial charge in [-0.3, -0.25) is 0 Å². The Morgan fingerprint density at radius 3 is 2.21 bits per heavy atom. The smallest absolute Gasteiger partial charge is 0.394 e. The van der Waals surface area contributed by atoms with Crippen molar-refractivity contribution in [2.24, 2.45) is 5.92 Å². The lowest BCUT2D eigenvalue weighted by molar-refractivity contribution is -0.141. The number of hydrogen-bond acceptors (Lipinski definition) is 5. The SMILES string of the molecule is CC(C)[C@H](CO)Nc1nc(Nc2ccc(Cl)c(C(F)(F)F)c2)cc(C(F)(F)F)n1. The monoisotopic (exact) mass is 442 g/mol. The number of aliphatic hydroxyl groups excluding tert-OH is 1. The van der Waals surface area contributed by atoms with Crippen LogP contribution in [0.4, 0.5) is 43.8 Å². The normalized spacial score (nSPS) is 13.5. The minimum Gasteiger partial charge on any atom is -0.394 e. The molecule has 0 amide bonds. The summed E-state index contributed by atoms with van der Waals surface area (Å²) in [7, 11) is 0. The van der Waals surface area contributed by atoms with Gasteiger partial charge in [-0.2, -0.15) is 31.3 Å². The van der Waals surface area contributed by atoms with E-state index >= 15 is 0 Å². The first-order valence-corrected chi connectivity index (χ1v) is 8.66. The fourth-order valence-electron chi connectivity index (χ4n) is 2.28. The van der Waals surface area contributed by atoms with Gasteiger partial charge in [0, 0.05) is 11.8 Å². The summed E-state index contributed by atoms with van der Waals surface area (Å²) in [5, 5.41) is 13.8. The summed E-state index contributed by atoms with van der Waals surface area (Å²) < 4.78 is 78.5. The van der Waals surface area contributed by atoms with Crippen LogP contribution in [-0.4, -0.2) is 27.7 Å². The molecule has 12 heteroatoms. The number of anilines is 3. The number of rotatable bonds is 6. The highest BCUT2D eigenvalue weighted by Gasteiger charge is 2.35. The van der Waals surface area contributed by atoms with Crippen molar-refractivity contribution >= 4 is 29.1 Å². The number of hydrogen-bond donors (Lipinski definition) is 3. The van der Waals surface area contributed by atoms with Crippen LogP contribution in [0, 0.1) is 5.92 Å². The van der Waals surface area contributed by atoms with E-state index in [0.717, 1.165) is 6.07 Å². The second-order valence-electron chi connectivity index (χ2n) is 6.45. The Morgan fingerprint density at radius 1 is 1.03 bits per heavy atom. The second-order valence-corrected chi connectivity index (χ2v) is 6.86. The van der Waals surface area contributed by atoms with Gasteiger partial charge in [0.1, 0.15) is 5.82 Å². The minimum absolute atomic E-state index is 0.153. The largest absolute Gasteiger partial charge is 0.433 e. The molecule has 0 saturated heterocycles. The Morgan fingerprint density at radius 2 is 1.69 bits per heavy atom. The molecule has 1 aromatic carbocycles. The second kappa shape index (κ2) is 8.62. The predicted octanol–water partition coefficient (Wildman–Crippen LogP) is 5.34. The number of halogens is 7. The molecule has 1 aromatic heterocycles. The van der Waals surface area contributed by atoms with E-state index in [1.165, 1.54) is 6.07 Å². The Balaban J connectivity index is 2.43. The Kier molecular flexibility index (Phi) is 6.84. The van der Waals surface area contributed by atoms with Gasteiger partial charge in [-0.05, 0) is 24.1 Å². The van der Waals surface area contributed by atoms with Crippen LogP contribution in [-0.2, 0) is 12.4 Å². The molecule has 160 valence electrons. The van der Waals surface area contributed by atoms with Crippen molar-refractivity contribution in [1.82, 2.24) is 9.97 Å². The molecular formula is C17H17ClF6N4O. The molecule has 3 N–H and O–H groups in total. The minimum atomic E-state index is -4.82. The summed E-state index contributed by atoms with van der Waals surface area (Å²) in [6.07, 6.45) is -9.56. The molecule has 1 heterocycles. The summed E-state index contributed by atoms with van der Waals surface area (Å²) in [6, 6.07) is 2.74. The Labute approximate surface area is 167 Å². The lowest BCUT2D eigenvalue weighted by Crippen LogP contribution is -2.30. The summed E-state index contributed by atoms with van der Waals surface area (Å²) >= 11 is 5.54. The van der Waals surface area contributed by atoms with Crippen LogP contribution >= 0.6 is 11.6 Å². The standard InChI is InChI=1S/C17H17ClF6N4O/c1-8(2)12(7-29)26-15-27-13(17(22,23)24)6-14(28-15)25-9-3-4-11(18)10(5-9)16(19,20)21/h3-6,8,12,29H,7H2,1-2H3,(H2,25,26,27,28)/t12-/m0/s1. The summed E-state index contributed by atoms with van der Waals surface area (Å²) in [5.41, 5.74) is -2.61. The predicted molar refractivity (Wildman–Crippen MR) is 96.1 cm³/mol. The quantitative estimate of drug-likeness (QED) is 0.527. The van der Waals surface area contributed by atoms with Crippen LogP contribution in [0.1, 0.15) is 25.1 Å². The van der Waals surface area contributed by atoms with Crippen molar-refractivity contribution in [3.63, 3.8) is 0 Å². The molecule has 5 nitrogen and oxygen atoms in total. The maximum Gasteiger partial charge on any atom is 0.433 e. The topological polar surface area (TPSA) is 70.1 Å². The van der Waals surface area contributed by atoms with Gasteiger partial charge in [-0.25, -0.2) is 4.98 Å². The lowest BCUT2D eigenvalue weighted by atomic mass is 10.1. The average molecular weight is 443 g/mol. The molecule has 2 aromatic rings. The van der Waals surface area contributed by atoms with Crippen LogP contribution < -0.4 is 10.6 Å². The maximum atomic E-state index is 13.2. The van der Waals surface area contributed by atoms with Crippen molar-refractivity contribution in [3.05, 3.63) is 40.5 Å². The summed E-state index contributed by atoms with van der Waals surface area (Å²) in [5.74, 6) is -0.967. The van der Waals surface area contributed by atoms with Gasteiger partial charge >= 0.3 is 12.4 Å². The van der Waals surface area contributed by atoms with Gasteiger partial charge in [0.2, 0.25) is 5.95 Å². The Bertz CT molecular complexity index is 857. The Hall–Kier alpha value is -2.27. The van der Waals surface area contributed by atoms with Crippen molar-refractivity contribution in [2.45, 2.75) is 32.2 Å². The zero-order valence-electron chi connectivity index (χ0n) is 15.2. The van der Waals surface area contributed by atoms with E-state index in [-0.39, 0.29) is 24.0 Å². The van der Waals surface area contributed by atoms with Crippen LogP contribution in [0.3, 0.4) is 0 Å². The average Bonchev–Trinajstić information content (AvgIpc) is 2.59. The fraction of sp³-hybridized carbons (Fsp3) is 0.412. The van der Waals surface area contributed by atoms with E-state index < -0.39 is 40.6 Å². The van der Waals surface area contributed by atoms with Gasteiger partial charge in [0.15, 0.2) is 5.69 Å². The van der Waals surface area contributed by atoms with Gasteiger partial charge < -0.3 is 15.7 Å². The molecule has 0 bridgehead atoms. The highest BCUT2D eigenvalue weighted by atomic mass is 35.5. The number of alkyl halides is 6. The maximum absolute atomic E-state index is 13.2. The number of benzene rings is 1. The molecule has 0 aliphatic carbocycles. The molecule has 0 radical (unpaired) electrons. The van der Waals surface area contributed by atoms with E-state index in [1.54, 1.807) is 13.8 Å². The molecule has 0 unspecified atom stereocenters. The fourth-order valence-corrected chi connectivity index (χ4v) is 2.50. The van der Waals surface area contributed by atoms with Gasteiger partial charge in [0.05, 0.1) is 23.2 Å². The first-order valence-electron chi connectivity index (χ1n) is 8.28. The van der Waals surface area contributed by atoms with Crippen LogP contribution in [0.5, 0.6) is 0 Å². The van der Waals surface area contributed by atoms with Crippen molar-refractivity contribution in [2.75, 3.05) is 17.2 Å². The van der Waals surface area contributed by atoms with Gasteiger partial charge in [0.25, 0.3) is 0 Å². The molecule has 0 spiro atoms. The van der Waals surface area contributed by atoms with Crippen molar-refractivity contribution in [3.8, 4) is 0 Å². The zero-order valence-corrected chi connectivity index (χ0v) is 15.9. The molecule has 0 fully saturated rings. The molecular weight excluding hydrogens is 426 g/mol. The number of aromatic nitrogens is 2. The number of nitrogens with one attached hydrogen (secondary N) is 2. The van der Waals surface area contributed by atoms with E-state index in [2.05, 4.69) is 20.6 Å². The third-order valence-corrected chi connectivity index (χ3v) is 4.21. The van der Waals surface area contributed by atoms with Gasteiger partial charge in [-0.1, -0.05) is 25.4 Å². The van der Waals surface area contributed by atoms with E-state index in [1.807, 2.05) is 0 Å². The molecule has 0 aliphatic heterocycles. The molecule has 0 saturated carbocycles. The molecule has 0 aliphatic rings. The first kappa shape index (κ1) is 23.0. The summed E-state index contributed by atoms with van der Waals surface area (Å²) in [6.45, 7) is 3.08. The zero-order chi connectivity index (χ0) is 22.0. The molecule has 1 atom stereocenters. The lowest BCUT2D eigenvalue weighted by Gasteiger charge is -2.21. The third kappa shape index (κ3) is 6.10. The first-order chi connectivity index (χ1) is 13.3. The van der Waals surface area contributed by atoms with Gasteiger partial charge in [-0.15, -0.1) is 0 Å². The van der Waals surface area contributed by atoms with E-state index in [0.29, 0.717) is 12.1 Å². The van der Waals surface area contributed by atoms with Crippen molar-refractivity contribution < 1.29 is 31.4 Å². The van der Waals surface area contributed by atoms with Crippen LogP contribution in [0.2, 0.25) is 5.02 Å². The van der Waals surface area contributed by atoms with Crippen LogP contribution in [0.15, 0.2) is 24.3 Å². The summed E-state index contributed by atoms with van der Waals surface area (Å²) in [4.78, 5) is 7.26. The van der Waals surface area contributed by atoms with Crippen molar-refractivity contribution in [1.29, 1.82) is 0 Å².